The van der Waals surface area contributed by atoms with Crippen LogP contribution in [0.15, 0.2) is 71.7 Å². The molecule has 3 aromatic carbocycles. The number of carbonyl (C=O) groups is 1. The maximum atomic E-state index is 12.6. The zero-order chi connectivity index (χ0) is 17.2. The Bertz CT molecular complexity index is 1130. The minimum atomic E-state index is -0.106. The summed E-state index contributed by atoms with van der Waals surface area (Å²) in [5.74, 6) is -0.106. The Morgan fingerprint density at radius 1 is 1.00 bits per heavy atom. The van der Waals surface area contributed by atoms with E-state index < -0.39 is 0 Å². The number of hydrogen-bond acceptors (Lipinski definition) is 2. The van der Waals surface area contributed by atoms with Gasteiger partial charge < -0.3 is 4.57 Å². The monoisotopic (exact) mass is 346 g/mol. The second kappa shape index (κ2) is 6.65. The molecule has 1 amide bonds. The topological polar surface area (TPSA) is 34.4 Å². The highest BCUT2D eigenvalue weighted by Crippen LogP contribution is 2.20. The number of rotatable bonds is 3. The summed E-state index contributed by atoms with van der Waals surface area (Å²) >= 11 is 1.57. The van der Waals surface area contributed by atoms with E-state index >= 15 is 0 Å². The third-order valence-corrected chi connectivity index (χ3v) is 5.41. The number of thiazole rings is 1. The van der Waals surface area contributed by atoms with Crippen molar-refractivity contribution >= 4 is 38.2 Å². The van der Waals surface area contributed by atoms with Crippen molar-refractivity contribution in [3.8, 4) is 0 Å². The first-order chi connectivity index (χ1) is 12.3. The zero-order valence-electron chi connectivity index (χ0n) is 14.0. The van der Waals surface area contributed by atoms with Crippen molar-refractivity contribution in [1.82, 2.24) is 4.57 Å². The molecule has 4 aromatic rings. The second-order valence-corrected chi connectivity index (χ2v) is 6.93. The number of benzene rings is 3. The highest BCUT2D eigenvalue weighted by molar-refractivity contribution is 7.16. The Balaban J connectivity index is 1.73. The smallest absolute Gasteiger partial charge is 0.252 e. The summed E-state index contributed by atoms with van der Waals surface area (Å²) in [6.07, 6.45) is 0.319. The van der Waals surface area contributed by atoms with Gasteiger partial charge in [-0.15, -0.1) is 0 Å². The maximum Gasteiger partial charge on any atom is 0.252 e. The average molecular weight is 346 g/mol. The number of hydrogen-bond donors (Lipinski definition) is 0. The summed E-state index contributed by atoms with van der Waals surface area (Å²) in [5.41, 5.74) is 2.16. The number of carbonyl (C=O) groups excluding carboxylic acids is 1. The van der Waals surface area contributed by atoms with Gasteiger partial charge in [0.1, 0.15) is 0 Å². The molecule has 25 heavy (non-hydrogen) atoms. The van der Waals surface area contributed by atoms with E-state index in [1.165, 1.54) is 0 Å². The molecular formula is C21H18N2OS. The van der Waals surface area contributed by atoms with Crippen LogP contribution in [0.3, 0.4) is 0 Å². The van der Waals surface area contributed by atoms with E-state index in [1.807, 2.05) is 36.4 Å². The van der Waals surface area contributed by atoms with Crippen LogP contribution in [0.5, 0.6) is 0 Å². The maximum absolute atomic E-state index is 12.6. The lowest BCUT2D eigenvalue weighted by Crippen LogP contribution is -2.16. The van der Waals surface area contributed by atoms with E-state index in [-0.39, 0.29) is 5.91 Å². The van der Waals surface area contributed by atoms with E-state index in [4.69, 9.17) is 0 Å². The highest BCUT2D eigenvalue weighted by Gasteiger charge is 2.08. The summed E-state index contributed by atoms with van der Waals surface area (Å²) in [5, 5.41) is 2.27. The molecule has 0 saturated heterocycles. The Morgan fingerprint density at radius 3 is 2.64 bits per heavy atom. The first kappa shape index (κ1) is 15.8. The summed E-state index contributed by atoms with van der Waals surface area (Å²) in [4.78, 5) is 17.8. The fourth-order valence-electron chi connectivity index (χ4n) is 3.17. The number of aromatic nitrogens is 1. The molecule has 0 atom stereocenters. The first-order valence-electron chi connectivity index (χ1n) is 8.39. The Kier molecular flexibility index (Phi) is 4.20. The van der Waals surface area contributed by atoms with Gasteiger partial charge in [0.15, 0.2) is 4.80 Å². The van der Waals surface area contributed by atoms with Crippen LogP contribution in [0.2, 0.25) is 0 Å². The van der Waals surface area contributed by atoms with E-state index in [0.29, 0.717) is 6.42 Å². The Hall–Kier alpha value is -2.72. The van der Waals surface area contributed by atoms with Crippen LogP contribution < -0.4 is 4.80 Å². The molecule has 1 aromatic heterocycles. The largest absolute Gasteiger partial charge is 0.317 e. The predicted octanol–water partition coefficient (Wildman–Crippen LogP) is 4.55. The second-order valence-electron chi connectivity index (χ2n) is 5.92. The van der Waals surface area contributed by atoms with Crippen LogP contribution in [0, 0.1) is 0 Å². The fraction of sp³-hybridized carbons (Fsp3) is 0.143. The van der Waals surface area contributed by atoms with Crippen molar-refractivity contribution in [3.63, 3.8) is 0 Å². The molecule has 0 saturated carbocycles. The van der Waals surface area contributed by atoms with Crippen molar-refractivity contribution < 1.29 is 4.79 Å². The molecule has 0 aliphatic heterocycles. The number of aryl methyl sites for hydroxylation is 1. The summed E-state index contributed by atoms with van der Waals surface area (Å²) in [6, 6.07) is 22.4. The van der Waals surface area contributed by atoms with Crippen molar-refractivity contribution in [3.05, 3.63) is 77.1 Å². The van der Waals surface area contributed by atoms with Crippen molar-refractivity contribution in [2.45, 2.75) is 19.9 Å². The zero-order valence-corrected chi connectivity index (χ0v) is 14.8. The van der Waals surface area contributed by atoms with Gasteiger partial charge in [-0.25, -0.2) is 0 Å². The normalized spacial score (nSPS) is 12.1. The van der Waals surface area contributed by atoms with Crippen LogP contribution in [0.1, 0.15) is 12.5 Å². The number of para-hydroxylation sites is 1. The van der Waals surface area contributed by atoms with E-state index in [9.17, 15) is 4.79 Å². The van der Waals surface area contributed by atoms with Gasteiger partial charge >= 0.3 is 0 Å². The van der Waals surface area contributed by atoms with E-state index in [1.54, 1.807) is 11.3 Å². The van der Waals surface area contributed by atoms with Gasteiger partial charge in [-0.1, -0.05) is 65.9 Å². The fourth-order valence-corrected chi connectivity index (χ4v) is 4.28. The van der Waals surface area contributed by atoms with Crippen LogP contribution in [-0.4, -0.2) is 10.5 Å². The Morgan fingerprint density at radius 2 is 1.76 bits per heavy atom. The van der Waals surface area contributed by atoms with Crippen molar-refractivity contribution in [1.29, 1.82) is 0 Å². The van der Waals surface area contributed by atoms with Gasteiger partial charge in [-0.2, -0.15) is 4.99 Å². The van der Waals surface area contributed by atoms with Crippen molar-refractivity contribution in [2.75, 3.05) is 0 Å². The van der Waals surface area contributed by atoms with Crippen molar-refractivity contribution in [2.24, 2.45) is 4.99 Å². The van der Waals surface area contributed by atoms with Gasteiger partial charge in [-0.3, -0.25) is 4.79 Å². The average Bonchev–Trinajstić information content (AvgIpc) is 2.98. The van der Waals surface area contributed by atoms with Gasteiger partial charge in [0, 0.05) is 6.54 Å². The standard InChI is InChI=1S/C21H18N2OS/c1-2-23-18-12-5-6-13-19(18)25-21(23)22-20(24)14-16-10-7-9-15-8-3-4-11-17(15)16/h3-13H,2,14H2,1H3. The molecular weight excluding hydrogens is 328 g/mol. The van der Waals surface area contributed by atoms with Gasteiger partial charge in [0.2, 0.25) is 0 Å². The minimum Gasteiger partial charge on any atom is -0.317 e. The van der Waals surface area contributed by atoms with Crippen LogP contribution in [0.25, 0.3) is 21.0 Å². The lowest BCUT2D eigenvalue weighted by atomic mass is 10.0. The number of nitrogens with zero attached hydrogens (tertiary/aromatic N) is 2. The number of fused-ring (bicyclic) bond motifs is 2. The molecule has 1 heterocycles. The highest BCUT2D eigenvalue weighted by atomic mass is 32.1. The molecule has 0 aliphatic carbocycles. The molecule has 3 nitrogen and oxygen atoms in total. The molecule has 0 radical (unpaired) electrons. The van der Waals surface area contributed by atoms with E-state index in [0.717, 1.165) is 37.9 Å². The molecule has 124 valence electrons. The molecule has 0 fully saturated rings. The third kappa shape index (κ3) is 3.01. The van der Waals surface area contributed by atoms with Gasteiger partial charge in [-0.05, 0) is 35.4 Å². The molecule has 0 unspecified atom stereocenters. The summed E-state index contributed by atoms with van der Waals surface area (Å²) in [6.45, 7) is 2.87. The first-order valence-corrected chi connectivity index (χ1v) is 9.20. The van der Waals surface area contributed by atoms with E-state index in [2.05, 4.69) is 46.8 Å². The predicted molar refractivity (Wildman–Crippen MR) is 104 cm³/mol. The molecule has 4 rings (SSSR count). The van der Waals surface area contributed by atoms with Gasteiger partial charge in [0.25, 0.3) is 5.91 Å². The molecule has 0 spiro atoms. The summed E-state index contributed by atoms with van der Waals surface area (Å²) < 4.78 is 3.25. The quantitative estimate of drug-likeness (QED) is 0.536. The SMILES string of the molecule is CCn1c(=NC(=O)Cc2cccc3ccccc23)sc2ccccc21. The third-order valence-electron chi connectivity index (χ3n) is 4.35. The van der Waals surface area contributed by atoms with Crippen LogP contribution in [-0.2, 0) is 17.8 Å². The molecule has 4 heteroatoms. The molecule has 0 bridgehead atoms. The molecule has 0 aliphatic rings. The van der Waals surface area contributed by atoms with Crippen LogP contribution in [0.4, 0.5) is 0 Å². The molecule has 0 N–H and O–H groups in total. The Labute approximate surface area is 149 Å². The lowest BCUT2D eigenvalue weighted by Gasteiger charge is -2.04. The lowest BCUT2D eigenvalue weighted by molar-refractivity contribution is -0.117. The summed E-state index contributed by atoms with van der Waals surface area (Å²) in [7, 11) is 0. The van der Waals surface area contributed by atoms with Gasteiger partial charge in [0.05, 0.1) is 16.6 Å². The van der Waals surface area contributed by atoms with Crippen LogP contribution >= 0.6 is 11.3 Å². The number of amides is 1. The minimum absolute atomic E-state index is 0.106.